The molecule has 2 atom stereocenters. The lowest BCUT2D eigenvalue weighted by Crippen LogP contribution is -2.44. The van der Waals surface area contributed by atoms with Gasteiger partial charge in [0.1, 0.15) is 6.04 Å². The van der Waals surface area contributed by atoms with E-state index in [1.807, 2.05) is 18.2 Å². The van der Waals surface area contributed by atoms with Gasteiger partial charge in [0.05, 0.1) is 28.4 Å². The summed E-state index contributed by atoms with van der Waals surface area (Å²) in [7, 11) is 3.00. The SMILES string of the molecule is COC(=O)[C@@H]1C[C@H](OC)CN1C(=O)CC1(Cc2nc3ccccc3s2)CCCCC1. The predicted molar refractivity (Wildman–Crippen MR) is 116 cm³/mol. The molecule has 0 N–H and O–H groups in total. The standard InChI is InChI=1S/C23H30N2O4S/c1-28-16-12-18(22(27)29-2)25(15-16)21(26)14-23(10-6-3-7-11-23)13-20-24-17-8-4-5-9-19(17)30-20/h4-5,8-9,16,18H,3,6-7,10-15H2,1-2H3/t16-,18-/m0/s1. The fourth-order valence-corrected chi connectivity index (χ4v) is 6.20. The summed E-state index contributed by atoms with van der Waals surface area (Å²) in [6.45, 7) is 0.451. The van der Waals surface area contributed by atoms with Gasteiger partial charge in [0.25, 0.3) is 0 Å². The molecule has 1 amide bonds. The van der Waals surface area contributed by atoms with Gasteiger partial charge < -0.3 is 14.4 Å². The second kappa shape index (κ2) is 9.02. The van der Waals surface area contributed by atoms with E-state index in [2.05, 4.69) is 6.07 Å². The number of nitrogens with zero attached hydrogens (tertiary/aromatic N) is 2. The molecular formula is C23H30N2O4S. The number of methoxy groups -OCH3 is 2. The Hall–Kier alpha value is -1.99. The molecule has 4 rings (SSSR count). The summed E-state index contributed by atoms with van der Waals surface area (Å²) in [4.78, 5) is 32.2. The number of ether oxygens (including phenoxy) is 2. The van der Waals surface area contributed by atoms with E-state index in [9.17, 15) is 9.59 Å². The molecule has 0 radical (unpaired) electrons. The molecule has 1 aromatic carbocycles. The smallest absolute Gasteiger partial charge is 0.328 e. The van der Waals surface area contributed by atoms with Gasteiger partial charge in [0.2, 0.25) is 5.91 Å². The summed E-state index contributed by atoms with van der Waals surface area (Å²) in [5, 5.41) is 1.10. The summed E-state index contributed by atoms with van der Waals surface area (Å²) in [5.74, 6) is -0.320. The van der Waals surface area contributed by atoms with Gasteiger partial charge in [-0.3, -0.25) is 4.79 Å². The van der Waals surface area contributed by atoms with Crippen molar-refractivity contribution in [2.75, 3.05) is 20.8 Å². The predicted octanol–water partition coefficient (Wildman–Crippen LogP) is 3.97. The van der Waals surface area contributed by atoms with Gasteiger partial charge >= 0.3 is 5.97 Å². The minimum absolute atomic E-state index is 0.0351. The van der Waals surface area contributed by atoms with E-state index >= 15 is 0 Å². The van der Waals surface area contributed by atoms with Crippen molar-refractivity contribution >= 4 is 33.4 Å². The Balaban J connectivity index is 1.54. The van der Waals surface area contributed by atoms with E-state index in [-0.39, 0.29) is 23.4 Å². The third-order valence-corrected chi connectivity index (χ3v) is 7.73. The molecule has 1 saturated carbocycles. The number of amides is 1. The lowest BCUT2D eigenvalue weighted by Gasteiger charge is -2.38. The van der Waals surface area contributed by atoms with Crippen molar-refractivity contribution < 1.29 is 19.1 Å². The molecule has 1 aliphatic heterocycles. The number of fused-ring (bicyclic) bond motifs is 1. The molecule has 1 saturated heterocycles. The topological polar surface area (TPSA) is 68.7 Å². The zero-order valence-electron chi connectivity index (χ0n) is 17.8. The van der Waals surface area contributed by atoms with Crippen LogP contribution in [0.2, 0.25) is 0 Å². The number of carbonyl (C=O) groups is 2. The third-order valence-electron chi connectivity index (χ3n) is 6.69. The fraction of sp³-hybridized carbons (Fsp3) is 0.609. The van der Waals surface area contributed by atoms with E-state index in [4.69, 9.17) is 14.5 Å². The van der Waals surface area contributed by atoms with Crippen LogP contribution in [-0.2, 0) is 25.5 Å². The number of para-hydroxylation sites is 1. The summed E-state index contributed by atoms with van der Waals surface area (Å²) in [6, 6.07) is 7.65. The van der Waals surface area contributed by atoms with Crippen LogP contribution in [0.4, 0.5) is 0 Å². The Morgan fingerprint density at radius 2 is 1.97 bits per heavy atom. The molecule has 0 spiro atoms. The number of thiazole rings is 1. The molecule has 1 aromatic heterocycles. The van der Waals surface area contributed by atoms with Crippen molar-refractivity contribution in [1.29, 1.82) is 0 Å². The van der Waals surface area contributed by atoms with Gasteiger partial charge in [-0.15, -0.1) is 11.3 Å². The lowest BCUT2D eigenvalue weighted by atomic mass is 9.69. The molecule has 2 fully saturated rings. The van der Waals surface area contributed by atoms with Crippen LogP contribution in [0.3, 0.4) is 0 Å². The first-order chi connectivity index (χ1) is 14.5. The number of aromatic nitrogens is 1. The van der Waals surface area contributed by atoms with Crippen LogP contribution < -0.4 is 0 Å². The van der Waals surface area contributed by atoms with Crippen LogP contribution >= 0.6 is 11.3 Å². The highest BCUT2D eigenvalue weighted by Gasteiger charge is 2.43. The zero-order valence-corrected chi connectivity index (χ0v) is 18.6. The molecule has 2 aliphatic rings. The Labute approximate surface area is 181 Å². The van der Waals surface area contributed by atoms with Crippen LogP contribution in [0.1, 0.15) is 50.0 Å². The van der Waals surface area contributed by atoms with Crippen molar-refractivity contribution in [2.45, 2.75) is 63.5 Å². The fourth-order valence-electron chi connectivity index (χ4n) is 5.06. The minimum Gasteiger partial charge on any atom is -0.467 e. The largest absolute Gasteiger partial charge is 0.467 e. The molecule has 0 bridgehead atoms. The van der Waals surface area contributed by atoms with Crippen molar-refractivity contribution in [3.8, 4) is 0 Å². The monoisotopic (exact) mass is 430 g/mol. The number of likely N-dealkylation sites (tertiary alicyclic amines) is 1. The van der Waals surface area contributed by atoms with Crippen molar-refractivity contribution in [3.63, 3.8) is 0 Å². The number of carbonyl (C=O) groups excluding carboxylic acids is 2. The quantitative estimate of drug-likeness (QED) is 0.649. The lowest BCUT2D eigenvalue weighted by molar-refractivity contribution is -0.152. The molecule has 30 heavy (non-hydrogen) atoms. The number of esters is 1. The first-order valence-corrected chi connectivity index (χ1v) is 11.6. The first-order valence-electron chi connectivity index (χ1n) is 10.8. The summed E-state index contributed by atoms with van der Waals surface area (Å²) in [6.07, 6.45) is 7.20. The van der Waals surface area contributed by atoms with E-state index < -0.39 is 6.04 Å². The summed E-state index contributed by atoms with van der Waals surface area (Å²) < 4.78 is 11.6. The van der Waals surface area contributed by atoms with E-state index in [1.54, 1.807) is 23.3 Å². The van der Waals surface area contributed by atoms with Gasteiger partial charge in [-0.2, -0.15) is 0 Å². The zero-order chi connectivity index (χ0) is 21.1. The first kappa shape index (κ1) is 21.2. The average Bonchev–Trinajstić information content (AvgIpc) is 3.37. The van der Waals surface area contributed by atoms with Gasteiger partial charge in [-0.25, -0.2) is 9.78 Å². The number of hydrogen-bond donors (Lipinski definition) is 0. The van der Waals surface area contributed by atoms with Crippen molar-refractivity contribution in [1.82, 2.24) is 9.88 Å². The Kier molecular flexibility index (Phi) is 6.39. The number of benzene rings is 1. The Bertz CT molecular complexity index is 872. The van der Waals surface area contributed by atoms with Crippen LogP contribution in [-0.4, -0.2) is 54.7 Å². The maximum atomic E-state index is 13.4. The molecule has 2 heterocycles. The molecule has 7 heteroatoms. The van der Waals surface area contributed by atoms with Crippen LogP contribution in [0.5, 0.6) is 0 Å². The van der Waals surface area contributed by atoms with Gasteiger partial charge in [-0.1, -0.05) is 31.4 Å². The van der Waals surface area contributed by atoms with Crippen molar-refractivity contribution in [2.24, 2.45) is 5.41 Å². The Morgan fingerprint density at radius 3 is 2.67 bits per heavy atom. The van der Waals surface area contributed by atoms with Crippen LogP contribution in [0.15, 0.2) is 24.3 Å². The normalized spacial score (nSPS) is 23.6. The average molecular weight is 431 g/mol. The van der Waals surface area contributed by atoms with E-state index in [0.717, 1.165) is 42.6 Å². The molecule has 2 aromatic rings. The van der Waals surface area contributed by atoms with Crippen molar-refractivity contribution in [3.05, 3.63) is 29.3 Å². The molecule has 0 unspecified atom stereocenters. The number of hydrogen-bond acceptors (Lipinski definition) is 6. The maximum absolute atomic E-state index is 13.4. The molecular weight excluding hydrogens is 400 g/mol. The highest BCUT2D eigenvalue weighted by Crippen LogP contribution is 2.44. The van der Waals surface area contributed by atoms with Crippen LogP contribution in [0, 0.1) is 5.41 Å². The van der Waals surface area contributed by atoms with Crippen LogP contribution in [0.25, 0.3) is 10.2 Å². The molecule has 162 valence electrons. The van der Waals surface area contributed by atoms with Gasteiger partial charge in [0.15, 0.2) is 0 Å². The Morgan fingerprint density at radius 1 is 1.20 bits per heavy atom. The third kappa shape index (κ3) is 4.37. The minimum atomic E-state index is -0.546. The highest BCUT2D eigenvalue weighted by atomic mass is 32.1. The maximum Gasteiger partial charge on any atom is 0.328 e. The van der Waals surface area contributed by atoms with Gasteiger partial charge in [0, 0.05) is 32.9 Å². The van der Waals surface area contributed by atoms with Gasteiger partial charge in [-0.05, 0) is 30.4 Å². The second-order valence-corrected chi connectivity index (χ2v) is 9.78. The van der Waals surface area contributed by atoms with E-state index in [1.165, 1.54) is 18.2 Å². The summed E-state index contributed by atoms with van der Waals surface area (Å²) >= 11 is 1.73. The summed E-state index contributed by atoms with van der Waals surface area (Å²) in [5.41, 5.74) is 0.942. The highest BCUT2D eigenvalue weighted by molar-refractivity contribution is 7.18. The number of rotatable bonds is 6. The second-order valence-electron chi connectivity index (χ2n) is 8.67. The molecule has 6 nitrogen and oxygen atoms in total. The van der Waals surface area contributed by atoms with E-state index in [0.29, 0.717) is 19.4 Å². The molecule has 1 aliphatic carbocycles.